The number of aromatic nitrogens is 2. The molecule has 4 nitrogen and oxygen atoms in total. The molecule has 0 saturated carbocycles. The van der Waals surface area contributed by atoms with E-state index in [0.717, 1.165) is 11.3 Å². The van der Waals surface area contributed by atoms with Gasteiger partial charge < -0.3 is 0 Å². The number of nitriles is 1. The molecular weight excluding hydrogens is 294 g/mol. The van der Waals surface area contributed by atoms with Crippen molar-refractivity contribution in [1.82, 2.24) is 9.55 Å². The number of nitrogens with zero attached hydrogens (tertiary/aromatic N) is 3. The van der Waals surface area contributed by atoms with Crippen molar-refractivity contribution in [2.45, 2.75) is 12.1 Å². The summed E-state index contributed by atoms with van der Waals surface area (Å²) in [6, 6.07) is 17.0. The van der Waals surface area contributed by atoms with Crippen molar-refractivity contribution in [3.05, 3.63) is 64.4 Å². The van der Waals surface area contributed by atoms with Gasteiger partial charge >= 0.3 is 0 Å². The SMILES string of the molecule is Cc1ccc(-n2c(SCC#N)nc3ccccc3c2=O)cc1. The highest BCUT2D eigenvalue weighted by molar-refractivity contribution is 7.99. The molecule has 0 saturated heterocycles. The van der Waals surface area contributed by atoms with E-state index in [1.807, 2.05) is 49.4 Å². The lowest BCUT2D eigenvalue weighted by Crippen LogP contribution is -2.21. The monoisotopic (exact) mass is 307 g/mol. The molecule has 0 unspecified atom stereocenters. The molecule has 5 heteroatoms. The molecule has 3 rings (SSSR count). The van der Waals surface area contributed by atoms with Crippen molar-refractivity contribution in [3.8, 4) is 11.8 Å². The number of para-hydroxylation sites is 1. The van der Waals surface area contributed by atoms with Gasteiger partial charge in [-0.1, -0.05) is 41.6 Å². The average molecular weight is 307 g/mol. The predicted molar refractivity (Wildman–Crippen MR) is 88.4 cm³/mol. The van der Waals surface area contributed by atoms with E-state index in [0.29, 0.717) is 16.1 Å². The fraction of sp³-hybridized carbons (Fsp3) is 0.118. The molecule has 2 aromatic carbocycles. The Bertz CT molecular complexity index is 923. The molecule has 0 fully saturated rings. The maximum Gasteiger partial charge on any atom is 0.266 e. The number of hydrogen-bond acceptors (Lipinski definition) is 4. The highest BCUT2D eigenvalue weighted by Gasteiger charge is 2.12. The van der Waals surface area contributed by atoms with Crippen molar-refractivity contribution in [2.75, 3.05) is 5.75 Å². The number of benzene rings is 2. The lowest BCUT2D eigenvalue weighted by Gasteiger charge is -2.12. The van der Waals surface area contributed by atoms with E-state index in [4.69, 9.17) is 5.26 Å². The molecule has 0 amide bonds. The molecule has 22 heavy (non-hydrogen) atoms. The zero-order valence-electron chi connectivity index (χ0n) is 12.0. The minimum Gasteiger partial charge on any atom is -0.268 e. The Morgan fingerprint density at radius 1 is 1.18 bits per heavy atom. The molecule has 0 N–H and O–H groups in total. The van der Waals surface area contributed by atoms with Crippen molar-refractivity contribution < 1.29 is 0 Å². The molecule has 0 spiro atoms. The highest BCUT2D eigenvalue weighted by Crippen LogP contribution is 2.21. The topological polar surface area (TPSA) is 58.7 Å². The first-order valence-corrected chi connectivity index (χ1v) is 7.78. The van der Waals surface area contributed by atoms with Gasteiger partial charge in [-0.05, 0) is 31.2 Å². The van der Waals surface area contributed by atoms with E-state index in [9.17, 15) is 4.79 Å². The van der Waals surface area contributed by atoms with Crippen molar-refractivity contribution in [2.24, 2.45) is 0 Å². The van der Waals surface area contributed by atoms with E-state index < -0.39 is 0 Å². The van der Waals surface area contributed by atoms with Crippen LogP contribution in [0.25, 0.3) is 16.6 Å². The zero-order chi connectivity index (χ0) is 15.5. The maximum atomic E-state index is 12.8. The van der Waals surface area contributed by atoms with E-state index >= 15 is 0 Å². The Hall–Kier alpha value is -2.58. The summed E-state index contributed by atoms with van der Waals surface area (Å²) in [5, 5.41) is 9.93. The van der Waals surface area contributed by atoms with Crippen LogP contribution in [0.5, 0.6) is 0 Å². The van der Waals surface area contributed by atoms with Gasteiger partial charge in [-0.3, -0.25) is 9.36 Å². The number of rotatable bonds is 3. The van der Waals surface area contributed by atoms with Crippen LogP contribution in [0, 0.1) is 18.3 Å². The van der Waals surface area contributed by atoms with Gasteiger partial charge in [0.15, 0.2) is 5.16 Å². The van der Waals surface area contributed by atoms with Gasteiger partial charge in [0.05, 0.1) is 28.4 Å². The largest absolute Gasteiger partial charge is 0.268 e. The van der Waals surface area contributed by atoms with Crippen LogP contribution in [-0.4, -0.2) is 15.3 Å². The lowest BCUT2D eigenvalue weighted by molar-refractivity contribution is 0.820. The third-order valence-corrected chi connectivity index (χ3v) is 4.11. The summed E-state index contributed by atoms with van der Waals surface area (Å²) in [7, 11) is 0. The number of fused-ring (bicyclic) bond motifs is 1. The van der Waals surface area contributed by atoms with Crippen LogP contribution in [0.3, 0.4) is 0 Å². The summed E-state index contributed by atoms with van der Waals surface area (Å²) in [6.07, 6.45) is 0. The molecule has 108 valence electrons. The molecule has 1 aromatic heterocycles. The third kappa shape index (κ3) is 2.61. The Morgan fingerprint density at radius 2 is 1.91 bits per heavy atom. The first-order valence-electron chi connectivity index (χ1n) is 6.79. The van der Waals surface area contributed by atoms with Crippen LogP contribution in [0.1, 0.15) is 5.56 Å². The summed E-state index contributed by atoms with van der Waals surface area (Å²) in [5.74, 6) is 0.247. The van der Waals surface area contributed by atoms with Crippen molar-refractivity contribution >= 4 is 22.7 Å². The van der Waals surface area contributed by atoms with E-state index in [1.165, 1.54) is 11.8 Å². The quantitative estimate of drug-likeness (QED) is 0.550. The first kappa shape index (κ1) is 14.4. The molecule has 3 aromatic rings. The van der Waals surface area contributed by atoms with Crippen molar-refractivity contribution in [3.63, 3.8) is 0 Å². The summed E-state index contributed by atoms with van der Waals surface area (Å²) in [4.78, 5) is 17.4. The molecular formula is C17H13N3OS. The van der Waals surface area contributed by atoms with Gasteiger partial charge in [0.2, 0.25) is 0 Å². The number of thioether (sulfide) groups is 1. The third-order valence-electron chi connectivity index (χ3n) is 3.30. The van der Waals surface area contributed by atoms with Gasteiger partial charge in [0.1, 0.15) is 0 Å². The van der Waals surface area contributed by atoms with Crippen molar-refractivity contribution in [1.29, 1.82) is 5.26 Å². The summed E-state index contributed by atoms with van der Waals surface area (Å²) in [6.45, 7) is 2.00. The number of aryl methyl sites for hydroxylation is 1. The second-order valence-corrected chi connectivity index (χ2v) is 5.78. The molecule has 0 aliphatic rings. The average Bonchev–Trinajstić information content (AvgIpc) is 2.54. The normalized spacial score (nSPS) is 10.5. The van der Waals surface area contributed by atoms with Gasteiger partial charge in [-0.15, -0.1) is 0 Å². The summed E-state index contributed by atoms with van der Waals surface area (Å²) in [5.41, 5.74) is 2.41. The minimum atomic E-state index is -0.116. The smallest absolute Gasteiger partial charge is 0.266 e. The van der Waals surface area contributed by atoms with Crippen LogP contribution in [-0.2, 0) is 0 Å². The zero-order valence-corrected chi connectivity index (χ0v) is 12.8. The van der Waals surface area contributed by atoms with Crippen LogP contribution in [0.15, 0.2) is 58.5 Å². The second-order valence-electron chi connectivity index (χ2n) is 4.83. The van der Waals surface area contributed by atoms with E-state index in [-0.39, 0.29) is 11.3 Å². The first-order chi connectivity index (χ1) is 10.7. The molecule has 0 bridgehead atoms. The molecule has 0 radical (unpaired) electrons. The molecule has 0 aliphatic carbocycles. The van der Waals surface area contributed by atoms with E-state index in [1.54, 1.807) is 10.6 Å². The fourth-order valence-corrected chi connectivity index (χ4v) is 2.90. The minimum absolute atomic E-state index is 0.116. The van der Waals surface area contributed by atoms with Crippen LogP contribution in [0.4, 0.5) is 0 Å². The Labute approximate surface area is 132 Å². The van der Waals surface area contributed by atoms with Gasteiger partial charge in [-0.25, -0.2) is 4.98 Å². The maximum absolute atomic E-state index is 12.8. The van der Waals surface area contributed by atoms with Crippen LogP contribution >= 0.6 is 11.8 Å². The highest BCUT2D eigenvalue weighted by atomic mass is 32.2. The van der Waals surface area contributed by atoms with Gasteiger partial charge in [0.25, 0.3) is 5.56 Å². The van der Waals surface area contributed by atoms with E-state index in [2.05, 4.69) is 11.1 Å². The number of hydrogen-bond donors (Lipinski definition) is 0. The van der Waals surface area contributed by atoms with Crippen LogP contribution < -0.4 is 5.56 Å². The van der Waals surface area contributed by atoms with Gasteiger partial charge in [-0.2, -0.15) is 5.26 Å². The summed E-state index contributed by atoms with van der Waals surface area (Å²) < 4.78 is 1.57. The van der Waals surface area contributed by atoms with Gasteiger partial charge in [0, 0.05) is 0 Å². The Balaban J connectivity index is 2.30. The Kier molecular flexibility index (Phi) is 3.94. The Morgan fingerprint density at radius 3 is 2.64 bits per heavy atom. The predicted octanol–water partition coefficient (Wildman–Crippen LogP) is 3.31. The lowest BCUT2D eigenvalue weighted by atomic mass is 10.2. The second kappa shape index (κ2) is 6.04. The fourth-order valence-electron chi connectivity index (χ4n) is 2.23. The molecule has 0 atom stereocenters. The molecule has 0 aliphatic heterocycles. The summed E-state index contributed by atoms with van der Waals surface area (Å²) >= 11 is 1.27. The molecule has 1 heterocycles. The standard InChI is InChI=1S/C17H13N3OS/c1-12-6-8-13(9-7-12)20-16(21)14-4-2-3-5-15(14)19-17(20)22-11-10-18/h2-9H,11H2,1H3. The van der Waals surface area contributed by atoms with Crippen LogP contribution in [0.2, 0.25) is 0 Å².